The molecule has 2 aliphatic heterocycles. The molecule has 9 nitrogen and oxygen atoms in total. The van der Waals surface area contributed by atoms with Gasteiger partial charge in [0.2, 0.25) is 0 Å². The van der Waals surface area contributed by atoms with Crippen LogP contribution in [0.4, 0.5) is 16.2 Å². The third-order valence-corrected chi connectivity index (χ3v) is 6.17. The van der Waals surface area contributed by atoms with Gasteiger partial charge in [0.1, 0.15) is 18.5 Å². The van der Waals surface area contributed by atoms with Crippen LogP contribution in [-0.2, 0) is 14.3 Å². The molecular formula is C25H29N3O6. The number of hydrogen-bond donors (Lipinski definition) is 2. The van der Waals surface area contributed by atoms with Crippen molar-refractivity contribution in [2.45, 2.75) is 44.4 Å². The Bertz CT molecular complexity index is 1090. The first-order chi connectivity index (χ1) is 16.3. The lowest BCUT2D eigenvalue weighted by molar-refractivity contribution is -0.151. The van der Waals surface area contributed by atoms with E-state index in [1.807, 2.05) is 25.1 Å². The van der Waals surface area contributed by atoms with E-state index < -0.39 is 6.03 Å². The van der Waals surface area contributed by atoms with Gasteiger partial charge in [-0.25, -0.2) is 4.79 Å². The number of urea groups is 1. The molecule has 9 heteroatoms. The van der Waals surface area contributed by atoms with Gasteiger partial charge in [0.05, 0.1) is 31.2 Å². The molecule has 0 unspecified atom stereocenters. The molecule has 34 heavy (non-hydrogen) atoms. The van der Waals surface area contributed by atoms with Crippen molar-refractivity contribution in [2.24, 2.45) is 0 Å². The Balaban J connectivity index is 1.47. The number of anilines is 2. The largest absolute Gasteiger partial charge is 0.490 e. The Morgan fingerprint density at radius 1 is 1.12 bits per heavy atom. The molecule has 1 fully saturated rings. The molecule has 2 aliphatic rings. The summed E-state index contributed by atoms with van der Waals surface area (Å²) in [6, 6.07) is 11.9. The molecule has 0 saturated carbocycles. The van der Waals surface area contributed by atoms with Crippen LogP contribution in [0.25, 0.3) is 0 Å². The van der Waals surface area contributed by atoms with E-state index in [0.717, 1.165) is 5.56 Å². The van der Waals surface area contributed by atoms with Crippen molar-refractivity contribution in [2.75, 3.05) is 31.4 Å². The number of hydrogen-bond acceptors (Lipinski definition) is 6. The van der Waals surface area contributed by atoms with Crippen LogP contribution in [-0.4, -0.2) is 61.8 Å². The van der Waals surface area contributed by atoms with E-state index in [0.29, 0.717) is 35.5 Å². The number of nitrogens with zero attached hydrogens (tertiary/aromatic N) is 1. The van der Waals surface area contributed by atoms with Crippen molar-refractivity contribution in [1.29, 1.82) is 0 Å². The van der Waals surface area contributed by atoms with E-state index in [-0.39, 0.29) is 43.2 Å². The molecule has 3 atom stereocenters. The van der Waals surface area contributed by atoms with Crippen LogP contribution in [0.3, 0.4) is 0 Å². The van der Waals surface area contributed by atoms with Crippen molar-refractivity contribution < 1.29 is 28.6 Å². The van der Waals surface area contributed by atoms with Crippen molar-refractivity contribution >= 4 is 29.3 Å². The number of esters is 1. The molecule has 0 aliphatic carbocycles. The molecule has 0 radical (unpaired) electrons. The standard InChI is InChI=1S/C25H29N3O6/c1-15-5-4-6-16(11-15)26-25(31)27-17-7-10-21-19(12-17)24(30)28(2)20-9-8-18(13-23(29)32-3)34-22(20)14-33-21/h4-7,10-12,18,20,22H,8-9,13-14H2,1-3H3,(H2,26,27,31)/t18-,20-,22+/m1/s1. The van der Waals surface area contributed by atoms with E-state index in [1.54, 1.807) is 36.2 Å². The topological polar surface area (TPSA) is 106 Å². The van der Waals surface area contributed by atoms with Gasteiger partial charge in [0, 0.05) is 18.4 Å². The lowest BCUT2D eigenvalue weighted by atomic mass is 9.94. The number of aryl methyl sites for hydroxylation is 1. The van der Waals surface area contributed by atoms with Crippen molar-refractivity contribution in [3.63, 3.8) is 0 Å². The minimum atomic E-state index is -0.407. The number of carbonyl (C=O) groups is 3. The van der Waals surface area contributed by atoms with Gasteiger partial charge in [-0.2, -0.15) is 0 Å². The number of fused-ring (bicyclic) bond motifs is 2. The normalized spacial score (nSPS) is 21.8. The number of methoxy groups -OCH3 is 1. The number of likely N-dealkylation sites (N-methyl/N-ethyl adjacent to an activating group) is 1. The van der Waals surface area contributed by atoms with Gasteiger partial charge < -0.3 is 29.7 Å². The van der Waals surface area contributed by atoms with Gasteiger partial charge in [-0.3, -0.25) is 9.59 Å². The highest BCUT2D eigenvalue weighted by atomic mass is 16.5. The van der Waals surface area contributed by atoms with Crippen LogP contribution >= 0.6 is 0 Å². The first-order valence-corrected chi connectivity index (χ1v) is 11.2. The Morgan fingerprint density at radius 3 is 2.62 bits per heavy atom. The lowest BCUT2D eigenvalue weighted by Gasteiger charge is -2.42. The molecule has 0 bridgehead atoms. The minimum absolute atomic E-state index is 0.174. The summed E-state index contributed by atoms with van der Waals surface area (Å²) in [6.45, 7) is 2.19. The molecule has 1 saturated heterocycles. The SMILES string of the molecule is COC(=O)C[C@H]1CC[C@@H]2[C@H](COc3ccc(NC(=O)Nc4cccc(C)c4)cc3C(=O)N2C)O1. The van der Waals surface area contributed by atoms with E-state index >= 15 is 0 Å². The summed E-state index contributed by atoms with van der Waals surface area (Å²) in [4.78, 5) is 39.1. The molecule has 4 rings (SSSR count). The Hall–Kier alpha value is -3.59. The van der Waals surface area contributed by atoms with Crippen LogP contribution in [0.2, 0.25) is 0 Å². The maximum Gasteiger partial charge on any atom is 0.323 e. The zero-order chi connectivity index (χ0) is 24.2. The van der Waals surface area contributed by atoms with Gasteiger partial charge in [0.15, 0.2) is 0 Å². The third kappa shape index (κ3) is 5.31. The number of ether oxygens (including phenoxy) is 3. The first kappa shape index (κ1) is 23.6. The second-order valence-electron chi connectivity index (χ2n) is 8.61. The predicted molar refractivity (Wildman–Crippen MR) is 126 cm³/mol. The van der Waals surface area contributed by atoms with Gasteiger partial charge in [-0.1, -0.05) is 12.1 Å². The van der Waals surface area contributed by atoms with E-state index in [9.17, 15) is 14.4 Å². The third-order valence-electron chi connectivity index (χ3n) is 6.17. The maximum atomic E-state index is 13.3. The lowest BCUT2D eigenvalue weighted by Crippen LogP contribution is -2.53. The fourth-order valence-corrected chi connectivity index (χ4v) is 4.39. The molecule has 2 aromatic rings. The minimum Gasteiger partial charge on any atom is -0.490 e. The van der Waals surface area contributed by atoms with Crippen LogP contribution in [0, 0.1) is 6.92 Å². The fraction of sp³-hybridized carbons (Fsp3) is 0.400. The Morgan fingerprint density at radius 2 is 1.88 bits per heavy atom. The number of carbonyl (C=O) groups excluding carboxylic acids is 3. The maximum absolute atomic E-state index is 13.3. The smallest absolute Gasteiger partial charge is 0.323 e. The summed E-state index contributed by atoms with van der Waals surface area (Å²) >= 11 is 0. The number of amides is 3. The fourth-order valence-electron chi connectivity index (χ4n) is 4.39. The second-order valence-corrected chi connectivity index (χ2v) is 8.61. The Kier molecular flexibility index (Phi) is 7.02. The number of nitrogens with one attached hydrogen (secondary N) is 2. The number of rotatable bonds is 4. The summed E-state index contributed by atoms with van der Waals surface area (Å²) in [6.07, 6.45) is 0.876. The van der Waals surface area contributed by atoms with Crippen molar-refractivity contribution in [1.82, 2.24) is 4.90 Å². The summed E-state index contributed by atoms with van der Waals surface area (Å²) in [5, 5.41) is 5.56. The van der Waals surface area contributed by atoms with E-state index in [1.165, 1.54) is 7.11 Å². The summed E-state index contributed by atoms with van der Waals surface area (Å²) < 4.78 is 16.8. The summed E-state index contributed by atoms with van der Waals surface area (Å²) in [7, 11) is 3.09. The number of benzene rings is 2. The van der Waals surface area contributed by atoms with Gasteiger partial charge in [-0.05, 0) is 55.7 Å². The van der Waals surface area contributed by atoms with Crippen molar-refractivity contribution in [3.8, 4) is 5.75 Å². The molecule has 3 amide bonds. The Labute approximate surface area is 198 Å². The molecule has 0 spiro atoms. The molecule has 180 valence electrons. The predicted octanol–water partition coefficient (Wildman–Crippen LogP) is 3.58. The summed E-state index contributed by atoms with van der Waals surface area (Å²) in [5.41, 5.74) is 2.55. The molecular weight excluding hydrogens is 438 g/mol. The van der Waals surface area contributed by atoms with Crippen LogP contribution in [0.1, 0.15) is 35.2 Å². The van der Waals surface area contributed by atoms with Gasteiger partial charge in [-0.15, -0.1) is 0 Å². The van der Waals surface area contributed by atoms with E-state index in [4.69, 9.17) is 14.2 Å². The van der Waals surface area contributed by atoms with Crippen LogP contribution < -0.4 is 15.4 Å². The molecule has 0 aromatic heterocycles. The molecule has 2 heterocycles. The average molecular weight is 468 g/mol. The highest BCUT2D eigenvalue weighted by Gasteiger charge is 2.39. The highest BCUT2D eigenvalue weighted by molar-refractivity contribution is 6.02. The highest BCUT2D eigenvalue weighted by Crippen LogP contribution is 2.32. The molecule has 2 N–H and O–H groups in total. The van der Waals surface area contributed by atoms with E-state index in [2.05, 4.69) is 10.6 Å². The van der Waals surface area contributed by atoms with Crippen LogP contribution in [0.5, 0.6) is 5.75 Å². The zero-order valence-electron chi connectivity index (χ0n) is 19.5. The second kappa shape index (κ2) is 10.1. The zero-order valence-corrected chi connectivity index (χ0v) is 19.5. The first-order valence-electron chi connectivity index (χ1n) is 11.2. The van der Waals surface area contributed by atoms with Crippen LogP contribution in [0.15, 0.2) is 42.5 Å². The molecule has 2 aromatic carbocycles. The van der Waals surface area contributed by atoms with Gasteiger partial charge >= 0.3 is 12.0 Å². The van der Waals surface area contributed by atoms with Gasteiger partial charge in [0.25, 0.3) is 5.91 Å². The quantitative estimate of drug-likeness (QED) is 0.666. The average Bonchev–Trinajstić information content (AvgIpc) is 2.81. The monoisotopic (exact) mass is 467 g/mol. The summed E-state index contributed by atoms with van der Waals surface area (Å²) in [5.74, 6) is -0.127. The van der Waals surface area contributed by atoms with Crippen molar-refractivity contribution in [3.05, 3.63) is 53.6 Å².